The van der Waals surface area contributed by atoms with Gasteiger partial charge in [0, 0.05) is 44.3 Å². The molecule has 0 spiro atoms. The molecule has 8 nitrogen and oxygen atoms in total. The van der Waals surface area contributed by atoms with Gasteiger partial charge >= 0.3 is 12.1 Å². The summed E-state index contributed by atoms with van der Waals surface area (Å²) in [6.45, 7) is 8.95. The highest BCUT2D eigenvalue weighted by Gasteiger charge is 2.24. The number of likely N-dealkylation sites (tertiary alicyclic amines) is 1. The number of nitrogens with one attached hydrogen (secondary N) is 2. The van der Waals surface area contributed by atoms with Crippen LogP contribution in [0.25, 0.3) is 0 Å². The fraction of sp³-hybridized carbons (Fsp3) is 0.571. The maximum atomic E-state index is 12.3. The number of ether oxygens (including phenoxy) is 1. The van der Waals surface area contributed by atoms with Gasteiger partial charge in [0.1, 0.15) is 0 Å². The van der Waals surface area contributed by atoms with Crippen molar-refractivity contribution in [3.63, 3.8) is 0 Å². The first-order valence-corrected chi connectivity index (χ1v) is 10.3. The average Bonchev–Trinajstić information content (AvgIpc) is 2.74. The van der Waals surface area contributed by atoms with Gasteiger partial charge in [-0.3, -0.25) is 4.79 Å². The number of carbonyl (C=O) groups is 3. The van der Waals surface area contributed by atoms with Gasteiger partial charge in [0.05, 0.1) is 6.61 Å². The van der Waals surface area contributed by atoms with Crippen molar-refractivity contribution in [3.05, 3.63) is 35.4 Å². The molecule has 0 saturated carbocycles. The first-order chi connectivity index (χ1) is 14.0. The Bertz CT molecular complexity index is 680. The van der Waals surface area contributed by atoms with Gasteiger partial charge in [0.15, 0.2) is 0 Å². The van der Waals surface area contributed by atoms with Crippen LogP contribution in [0.1, 0.15) is 49.5 Å². The molecule has 4 amide bonds. The van der Waals surface area contributed by atoms with E-state index in [1.807, 2.05) is 26.0 Å². The van der Waals surface area contributed by atoms with Gasteiger partial charge in [-0.25, -0.2) is 9.59 Å². The molecule has 0 bridgehead atoms. The van der Waals surface area contributed by atoms with Gasteiger partial charge in [-0.2, -0.15) is 0 Å². The van der Waals surface area contributed by atoms with E-state index in [4.69, 9.17) is 4.74 Å². The van der Waals surface area contributed by atoms with Crippen molar-refractivity contribution in [2.24, 2.45) is 0 Å². The summed E-state index contributed by atoms with van der Waals surface area (Å²) in [6.07, 6.45) is 1.11. The third-order valence-electron chi connectivity index (χ3n) is 5.06. The molecule has 2 N–H and O–H groups in total. The minimum Gasteiger partial charge on any atom is -0.450 e. The van der Waals surface area contributed by atoms with E-state index in [9.17, 15) is 14.4 Å². The number of hydrogen-bond donors (Lipinski definition) is 2. The Morgan fingerprint density at radius 1 is 1.07 bits per heavy atom. The fourth-order valence-corrected chi connectivity index (χ4v) is 3.30. The zero-order chi connectivity index (χ0) is 21.2. The predicted octanol–water partition coefficient (Wildman–Crippen LogP) is 2.59. The van der Waals surface area contributed by atoms with Crippen LogP contribution in [0.2, 0.25) is 0 Å². The number of carbonyl (C=O) groups excluding carboxylic acids is 3. The largest absolute Gasteiger partial charge is 0.450 e. The Labute approximate surface area is 172 Å². The minimum absolute atomic E-state index is 0.0152. The molecular formula is C21H32N4O4. The molecular weight excluding hydrogens is 372 g/mol. The van der Waals surface area contributed by atoms with Gasteiger partial charge in [-0.05, 0) is 51.3 Å². The van der Waals surface area contributed by atoms with E-state index in [0.717, 1.165) is 5.56 Å². The summed E-state index contributed by atoms with van der Waals surface area (Å²) < 4.78 is 5.00. The minimum atomic E-state index is -0.293. The number of urea groups is 1. The first kappa shape index (κ1) is 22.5. The van der Waals surface area contributed by atoms with Crippen LogP contribution in [0.5, 0.6) is 0 Å². The summed E-state index contributed by atoms with van der Waals surface area (Å²) in [5, 5.41) is 5.79. The molecule has 1 aromatic carbocycles. The molecule has 1 fully saturated rings. The Hall–Kier alpha value is -2.77. The van der Waals surface area contributed by atoms with E-state index < -0.39 is 0 Å². The van der Waals surface area contributed by atoms with Crippen LogP contribution in [0.15, 0.2) is 24.3 Å². The second-order valence-electron chi connectivity index (χ2n) is 6.96. The molecule has 0 aliphatic carbocycles. The highest BCUT2D eigenvalue weighted by molar-refractivity contribution is 5.94. The van der Waals surface area contributed by atoms with Gasteiger partial charge in [-0.15, -0.1) is 0 Å². The van der Waals surface area contributed by atoms with Crippen LogP contribution < -0.4 is 10.6 Å². The summed E-state index contributed by atoms with van der Waals surface area (Å²) in [7, 11) is 0. The van der Waals surface area contributed by atoms with Crippen molar-refractivity contribution in [2.45, 2.75) is 46.2 Å². The molecule has 1 heterocycles. The molecule has 8 heteroatoms. The van der Waals surface area contributed by atoms with Crippen LogP contribution in [0, 0.1) is 0 Å². The third kappa shape index (κ3) is 6.66. The molecule has 0 radical (unpaired) electrons. The van der Waals surface area contributed by atoms with Gasteiger partial charge in [-0.1, -0.05) is 12.1 Å². The second kappa shape index (κ2) is 11.3. The predicted molar refractivity (Wildman–Crippen MR) is 111 cm³/mol. The number of hydrogen-bond acceptors (Lipinski definition) is 4. The zero-order valence-electron chi connectivity index (χ0n) is 17.6. The Morgan fingerprint density at radius 2 is 1.69 bits per heavy atom. The van der Waals surface area contributed by atoms with Crippen LogP contribution in [0.4, 0.5) is 9.59 Å². The lowest BCUT2D eigenvalue weighted by atomic mass is 10.1. The van der Waals surface area contributed by atoms with Crippen LogP contribution >= 0.6 is 0 Å². The van der Waals surface area contributed by atoms with Crippen molar-refractivity contribution >= 4 is 18.0 Å². The average molecular weight is 405 g/mol. The van der Waals surface area contributed by atoms with E-state index >= 15 is 0 Å². The Morgan fingerprint density at radius 3 is 2.24 bits per heavy atom. The van der Waals surface area contributed by atoms with Crippen LogP contribution in [-0.2, 0) is 11.3 Å². The highest BCUT2D eigenvalue weighted by atomic mass is 16.6. The molecule has 2 rings (SSSR count). The van der Waals surface area contributed by atoms with Crippen molar-refractivity contribution in [1.82, 2.24) is 20.4 Å². The van der Waals surface area contributed by atoms with E-state index in [0.29, 0.717) is 57.7 Å². The summed E-state index contributed by atoms with van der Waals surface area (Å²) in [6, 6.07) is 7.10. The van der Waals surface area contributed by atoms with Gasteiger partial charge < -0.3 is 25.2 Å². The van der Waals surface area contributed by atoms with E-state index in [2.05, 4.69) is 10.6 Å². The lowest BCUT2D eigenvalue weighted by Crippen LogP contribution is -2.49. The summed E-state index contributed by atoms with van der Waals surface area (Å²) in [5.74, 6) is 0.0152. The third-order valence-corrected chi connectivity index (χ3v) is 5.06. The summed E-state index contributed by atoms with van der Waals surface area (Å²) >= 11 is 0. The molecule has 29 heavy (non-hydrogen) atoms. The Balaban J connectivity index is 1.74. The standard InChI is InChI=1S/C21H32N4O4/c1-4-24(5-2)19(26)17-9-7-16(8-10-17)15-22-20(27)23-18-11-13-25(14-12-18)21(28)29-6-3/h7-10,18H,4-6,11-15H2,1-3H3,(H2,22,23,27). The topological polar surface area (TPSA) is 91.0 Å². The number of nitrogens with zero attached hydrogens (tertiary/aromatic N) is 2. The lowest BCUT2D eigenvalue weighted by Gasteiger charge is -2.31. The molecule has 1 aromatic rings. The molecule has 1 aliphatic rings. The smallest absolute Gasteiger partial charge is 0.409 e. The Kier molecular flexibility index (Phi) is 8.76. The molecule has 0 atom stereocenters. The van der Waals surface area contributed by atoms with Crippen LogP contribution in [0.3, 0.4) is 0 Å². The van der Waals surface area contributed by atoms with Gasteiger partial charge in [0.2, 0.25) is 0 Å². The van der Waals surface area contributed by atoms with Crippen molar-refractivity contribution < 1.29 is 19.1 Å². The van der Waals surface area contributed by atoms with Crippen molar-refractivity contribution in [2.75, 3.05) is 32.8 Å². The zero-order valence-corrected chi connectivity index (χ0v) is 17.6. The number of amides is 4. The van der Waals surface area contributed by atoms with E-state index in [-0.39, 0.29) is 24.1 Å². The van der Waals surface area contributed by atoms with Gasteiger partial charge in [0.25, 0.3) is 5.91 Å². The molecule has 160 valence electrons. The monoisotopic (exact) mass is 404 g/mol. The molecule has 0 unspecified atom stereocenters. The second-order valence-corrected chi connectivity index (χ2v) is 6.96. The summed E-state index contributed by atoms with van der Waals surface area (Å²) in [4.78, 5) is 39.6. The van der Waals surface area contributed by atoms with Crippen LogP contribution in [-0.4, -0.2) is 66.7 Å². The van der Waals surface area contributed by atoms with E-state index in [1.165, 1.54) is 0 Å². The molecule has 1 aliphatic heterocycles. The van der Waals surface area contributed by atoms with E-state index in [1.54, 1.807) is 28.9 Å². The molecule has 0 aromatic heterocycles. The van der Waals surface area contributed by atoms with Crippen molar-refractivity contribution in [3.8, 4) is 0 Å². The number of benzene rings is 1. The normalized spacial score (nSPS) is 14.2. The number of piperidine rings is 1. The SMILES string of the molecule is CCOC(=O)N1CCC(NC(=O)NCc2ccc(C(=O)N(CC)CC)cc2)CC1. The molecule has 1 saturated heterocycles. The lowest BCUT2D eigenvalue weighted by molar-refractivity contribution is 0.0772. The fourth-order valence-electron chi connectivity index (χ4n) is 3.30. The first-order valence-electron chi connectivity index (χ1n) is 10.3. The van der Waals surface area contributed by atoms with Crippen molar-refractivity contribution in [1.29, 1.82) is 0 Å². The summed E-state index contributed by atoms with van der Waals surface area (Å²) in [5.41, 5.74) is 1.57. The quantitative estimate of drug-likeness (QED) is 0.731. The number of rotatable bonds is 7. The maximum Gasteiger partial charge on any atom is 0.409 e. The highest BCUT2D eigenvalue weighted by Crippen LogP contribution is 2.12. The maximum absolute atomic E-state index is 12.3.